The van der Waals surface area contributed by atoms with Crippen molar-refractivity contribution in [3.05, 3.63) is 27.8 Å². The molecule has 2 aromatic rings. The second-order valence-electron chi connectivity index (χ2n) is 4.05. The van der Waals surface area contributed by atoms with Gasteiger partial charge >= 0.3 is 0 Å². The molecule has 104 valence electrons. The van der Waals surface area contributed by atoms with Crippen molar-refractivity contribution in [2.45, 2.75) is 25.0 Å². The SMILES string of the molecule is Cc1nc(CN(C)S(=O)(=O)c2[nH]ncc2CN)cs1. The van der Waals surface area contributed by atoms with E-state index in [2.05, 4.69) is 15.2 Å². The number of sulfonamides is 1. The molecular weight excluding hydrogens is 286 g/mol. The fourth-order valence-electron chi connectivity index (χ4n) is 1.62. The first-order chi connectivity index (χ1) is 8.95. The molecule has 19 heavy (non-hydrogen) atoms. The third-order valence-electron chi connectivity index (χ3n) is 2.62. The minimum Gasteiger partial charge on any atom is -0.326 e. The van der Waals surface area contributed by atoms with E-state index in [0.29, 0.717) is 5.56 Å². The van der Waals surface area contributed by atoms with Crippen LogP contribution in [0.2, 0.25) is 0 Å². The van der Waals surface area contributed by atoms with Crippen LogP contribution in [0.4, 0.5) is 0 Å². The van der Waals surface area contributed by atoms with Gasteiger partial charge in [-0.3, -0.25) is 5.10 Å². The quantitative estimate of drug-likeness (QED) is 0.834. The van der Waals surface area contributed by atoms with Crippen molar-refractivity contribution in [2.75, 3.05) is 7.05 Å². The van der Waals surface area contributed by atoms with Crippen LogP contribution in [-0.2, 0) is 23.1 Å². The molecule has 0 spiro atoms. The summed E-state index contributed by atoms with van der Waals surface area (Å²) in [6, 6.07) is 0. The summed E-state index contributed by atoms with van der Waals surface area (Å²) in [5, 5.41) is 9.02. The molecule has 9 heteroatoms. The number of aromatic amines is 1. The zero-order valence-electron chi connectivity index (χ0n) is 10.6. The van der Waals surface area contributed by atoms with Crippen molar-refractivity contribution in [3.63, 3.8) is 0 Å². The normalized spacial score (nSPS) is 12.2. The van der Waals surface area contributed by atoms with Gasteiger partial charge in [0, 0.05) is 24.5 Å². The van der Waals surface area contributed by atoms with Crippen molar-refractivity contribution < 1.29 is 8.42 Å². The van der Waals surface area contributed by atoms with E-state index in [1.165, 1.54) is 28.9 Å². The van der Waals surface area contributed by atoms with Crippen LogP contribution in [0.25, 0.3) is 0 Å². The molecule has 0 saturated heterocycles. The molecule has 0 unspecified atom stereocenters. The first-order valence-corrected chi connectivity index (χ1v) is 7.86. The summed E-state index contributed by atoms with van der Waals surface area (Å²) in [4.78, 5) is 4.25. The molecule has 0 amide bonds. The minimum absolute atomic E-state index is 0.0458. The van der Waals surface area contributed by atoms with Gasteiger partial charge in [-0.25, -0.2) is 13.4 Å². The van der Waals surface area contributed by atoms with E-state index in [1.54, 1.807) is 0 Å². The van der Waals surface area contributed by atoms with E-state index in [9.17, 15) is 8.42 Å². The van der Waals surface area contributed by atoms with Crippen molar-refractivity contribution in [1.82, 2.24) is 19.5 Å². The van der Waals surface area contributed by atoms with Crippen LogP contribution in [0.1, 0.15) is 16.3 Å². The average Bonchev–Trinajstić information content (AvgIpc) is 2.97. The molecule has 0 bridgehead atoms. The van der Waals surface area contributed by atoms with Crippen LogP contribution in [0.3, 0.4) is 0 Å². The molecule has 0 aliphatic heterocycles. The molecule has 0 aromatic carbocycles. The Balaban J connectivity index is 2.24. The standard InChI is InChI=1S/C10H15N5O2S2/c1-7-13-9(6-18-7)5-15(2)19(16,17)10-8(3-11)4-12-14-10/h4,6H,3,5,11H2,1-2H3,(H,12,14). The number of hydrogen-bond acceptors (Lipinski definition) is 6. The number of H-pyrrole nitrogens is 1. The summed E-state index contributed by atoms with van der Waals surface area (Å²) in [6.45, 7) is 2.22. The van der Waals surface area contributed by atoms with E-state index in [4.69, 9.17) is 5.73 Å². The molecule has 7 nitrogen and oxygen atoms in total. The molecule has 3 N–H and O–H groups in total. The van der Waals surface area contributed by atoms with Gasteiger partial charge in [-0.2, -0.15) is 9.40 Å². The number of nitrogens with one attached hydrogen (secondary N) is 1. The van der Waals surface area contributed by atoms with Crippen LogP contribution in [-0.4, -0.2) is 35.0 Å². The first kappa shape index (κ1) is 14.1. The van der Waals surface area contributed by atoms with Gasteiger partial charge in [0.05, 0.1) is 23.4 Å². The molecular formula is C10H15N5O2S2. The fourth-order valence-corrected chi connectivity index (χ4v) is 3.47. The number of thiazole rings is 1. The maximum Gasteiger partial charge on any atom is 0.260 e. The van der Waals surface area contributed by atoms with E-state index in [-0.39, 0.29) is 18.1 Å². The van der Waals surface area contributed by atoms with Crippen molar-refractivity contribution in [3.8, 4) is 0 Å². The summed E-state index contributed by atoms with van der Waals surface area (Å²) in [5.74, 6) is 0. The Labute approximate surface area is 115 Å². The third kappa shape index (κ3) is 2.84. The van der Waals surface area contributed by atoms with Gasteiger partial charge in [0.25, 0.3) is 10.0 Å². The molecule has 0 atom stereocenters. The van der Waals surface area contributed by atoms with Gasteiger partial charge in [0.1, 0.15) is 0 Å². The van der Waals surface area contributed by atoms with Crippen molar-refractivity contribution in [2.24, 2.45) is 5.73 Å². The summed E-state index contributed by atoms with van der Waals surface area (Å²) in [5.41, 5.74) is 6.69. The van der Waals surface area contributed by atoms with E-state index < -0.39 is 10.0 Å². The van der Waals surface area contributed by atoms with Crippen molar-refractivity contribution in [1.29, 1.82) is 0 Å². The van der Waals surface area contributed by atoms with Crippen LogP contribution in [0.15, 0.2) is 16.6 Å². The molecule has 2 heterocycles. The second-order valence-corrected chi connectivity index (χ2v) is 7.09. The van der Waals surface area contributed by atoms with E-state index >= 15 is 0 Å². The Morgan fingerprint density at radius 3 is 2.84 bits per heavy atom. The highest BCUT2D eigenvalue weighted by molar-refractivity contribution is 7.89. The highest BCUT2D eigenvalue weighted by Gasteiger charge is 2.26. The third-order valence-corrected chi connectivity index (χ3v) is 5.26. The maximum atomic E-state index is 12.4. The summed E-state index contributed by atoms with van der Waals surface area (Å²) in [6.07, 6.45) is 1.42. The Kier molecular flexibility index (Phi) is 3.99. The predicted octanol–water partition coefficient (Wildman–Crippen LogP) is 0.454. The van der Waals surface area contributed by atoms with Crippen molar-refractivity contribution >= 4 is 21.4 Å². The number of aryl methyl sites for hydroxylation is 1. The lowest BCUT2D eigenvalue weighted by molar-refractivity contribution is 0.459. The topological polar surface area (TPSA) is 105 Å². The predicted molar refractivity (Wildman–Crippen MR) is 72.0 cm³/mol. The lowest BCUT2D eigenvalue weighted by Crippen LogP contribution is -2.28. The van der Waals surface area contributed by atoms with E-state index in [0.717, 1.165) is 10.7 Å². The molecule has 0 aliphatic rings. The Bertz CT molecular complexity index is 661. The zero-order valence-corrected chi connectivity index (χ0v) is 12.3. The number of rotatable bonds is 5. The minimum atomic E-state index is -3.63. The van der Waals surface area contributed by atoms with Crippen LogP contribution < -0.4 is 5.73 Å². The van der Waals surface area contributed by atoms with Gasteiger partial charge in [-0.05, 0) is 6.92 Å². The fraction of sp³-hybridized carbons (Fsp3) is 0.400. The average molecular weight is 301 g/mol. The number of hydrogen-bond donors (Lipinski definition) is 2. The smallest absolute Gasteiger partial charge is 0.260 e. The zero-order chi connectivity index (χ0) is 14.0. The van der Waals surface area contributed by atoms with Gasteiger partial charge in [0.2, 0.25) is 0 Å². The van der Waals surface area contributed by atoms with Gasteiger partial charge < -0.3 is 5.73 Å². The monoisotopic (exact) mass is 301 g/mol. The summed E-state index contributed by atoms with van der Waals surface area (Å²) in [7, 11) is -2.12. The lowest BCUT2D eigenvalue weighted by Gasteiger charge is -2.15. The molecule has 0 saturated carbocycles. The van der Waals surface area contributed by atoms with Gasteiger partial charge in [-0.1, -0.05) is 0 Å². The van der Waals surface area contributed by atoms with E-state index in [1.807, 2.05) is 12.3 Å². The molecule has 2 aromatic heterocycles. The summed E-state index contributed by atoms with van der Waals surface area (Å²) >= 11 is 1.49. The first-order valence-electron chi connectivity index (χ1n) is 5.55. The summed E-state index contributed by atoms with van der Waals surface area (Å²) < 4.78 is 25.9. The van der Waals surface area contributed by atoms with Crippen LogP contribution >= 0.6 is 11.3 Å². The largest absolute Gasteiger partial charge is 0.326 e. The Morgan fingerprint density at radius 1 is 1.53 bits per heavy atom. The number of nitrogens with zero attached hydrogens (tertiary/aromatic N) is 3. The maximum absolute atomic E-state index is 12.4. The number of nitrogens with two attached hydrogens (primary N) is 1. The Hall–Kier alpha value is -1.29. The second kappa shape index (κ2) is 5.37. The number of aromatic nitrogens is 3. The van der Waals surface area contributed by atoms with Gasteiger partial charge in [0.15, 0.2) is 5.03 Å². The molecule has 0 aliphatic carbocycles. The van der Waals surface area contributed by atoms with Crippen LogP contribution in [0.5, 0.6) is 0 Å². The molecule has 0 fully saturated rings. The lowest BCUT2D eigenvalue weighted by atomic mass is 10.4. The highest BCUT2D eigenvalue weighted by Crippen LogP contribution is 2.18. The van der Waals surface area contributed by atoms with Crippen LogP contribution in [0, 0.1) is 6.92 Å². The Morgan fingerprint density at radius 2 is 2.26 bits per heavy atom. The highest BCUT2D eigenvalue weighted by atomic mass is 32.2. The molecule has 0 radical (unpaired) electrons. The van der Waals surface area contributed by atoms with Gasteiger partial charge in [-0.15, -0.1) is 11.3 Å². The molecule has 2 rings (SSSR count).